The first kappa shape index (κ1) is 31.0. The predicted octanol–water partition coefficient (Wildman–Crippen LogP) is 0.212. The maximum Gasteiger partial charge on any atom is 0.451 e. The van der Waals surface area contributed by atoms with Crippen LogP contribution >= 0.6 is 0 Å². The minimum Gasteiger partial charge on any atom is -0.469 e. The van der Waals surface area contributed by atoms with E-state index in [1.807, 2.05) is 0 Å². The zero-order chi connectivity index (χ0) is 27.8. The molecule has 0 aromatic heterocycles. The molecule has 0 aliphatic carbocycles. The minimum atomic E-state index is -5.07. The van der Waals surface area contributed by atoms with Crippen molar-refractivity contribution in [2.24, 2.45) is 5.92 Å². The van der Waals surface area contributed by atoms with Crippen LogP contribution < -0.4 is 16.0 Å². The van der Waals surface area contributed by atoms with E-state index in [-0.39, 0.29) is 25.8 Å². The first-order valence-electron chi connectivity index (χ1n) is 11.5. The number of hydrogen-bond donors (Lipinski definition) is 3. The van der Waals surface area contributed by atoms with Crippen molar-refractivity contribution in [3.63, 3.8) is 0 Å². The molecule has 36 heavy (non-hydrogen) atoms. The van der Waals surface area contributed by atoms with Gasteiger partial charge >= 0.3 is 12.1 Å². The van der Waals surface area contributed by atoms with Crippen LogP contribution in [0.25, 0.3) is 0 Å². The van der Waals surface area contributed by atoms with Gasteiger partial charge < -0.3 is 15.4 Å². The van der Waals surface area contributed by atoms with Crippen molar-refractivity contribution in [1.82, 2.24) is 20.9 Å². The predicted molar refractivity (Wildman–Crippen MR) is 119 cm³/mol. The third kappa shape index (κ3) is 8.88. The van der Waals surface area contributed by atoms with E-state index in [4.69, 9.17) is 0 Å². The first-order valence-corrected chi connectivity index (χ1v) is 11.5. The van der Waals surface area contributed by atoms with Crippen LogP contribution in [0.2, 0.25) is 0 Å². The molecule has 14 heteroatoms. The van der Waals surface area contributed by atoms with E-state index < -0.39 is 71.6 Å². The number of alkyl halides is 3. The molecule has 1 aliphatic heterocycles. The van der Waals surface area contributed by atoms with Gasteiger partial charge in [-0.05, 0) is 39.2 Å². The SMILES string of the molecule is COC(=O)CCC(=O)N[C@@H](C)C(=O)N[C@@H](C)C(=O)NC(=O)[C@@H]1CCCN1[C@H](C(=O)C(F)(F)F)C(C)C. The molecule has 0 aromatic carbocycles. The lowest BCUT2D eigenvalue weighted by Crippen LogP contribution is -2.57. The highest BCUT2D eigenvalue weighted by molar-refractivity contribution is 6.02. The van der Waals surface area contributed by atoms with E-state index in [2.05, 4.69) is 20.7 Å². The number of nitrogens with zero attached hydrogens (tertiary/aromatic N) is 1. The summed E-state index contributed by atoms with van der Waals surface area (Å²) in [6.07, 6.45) is -4.94. The molecule has 0 bridgehead atoms. The third-order valence-corrected chi connectivity index (χ3v) is 5.69. The standard InChI is InChI=1S/C22H33F3N4O7/c1-11(2)17(18(32)22(23,24)25)29-10-6-7-14(29)21(35)28-20(34)13(4)27-19(33)12(3)26-15(30)8-9-16(31)36-5/h11-14,17H,6-10H2,1-5H3,(H,26,30)(H,27,33)(H,28,34,35)/t12-,13-,14-,17-/m0/s1. The molecule has 4 amide bonds. The highest BCUT2D eigenvalue weighted by atomic mass is 19.4. The fourth-order valence-corrected chi connectivity index (χ4v) is 3.82. The second-order valence-corrected chi connectivity index (χ2v) is 8.90. The van der Waals surface area contributed by atoms with Crippen molar-refractivity contribution in [1.29, 1.82) is 0 Å². The normalized spacial score (nSPS) is 18.6. The number of imide groups is 1. The molecule has 1 rings (SSSR count). The van der Waals surface area contributed by atoms with Gasteiger partial charge in [-0.15, -0.1) is 0 Å². The van der Waals surface area contributed by atoms with Crippen LogP contribution in [0, 0.1) is 5.92 Å². The monoisotopic (exact) mass is 522 g/mol. The largest absolute Gasteiger partial charge is 0.469 e. The maximum atomic E-state index is 13.1. The lowest BCUT2D eigenvalue weighted by Gasteiger charge is -2.34. The lowest BCUT2D eigenvalue weighted by atomic mass is 9.96. The Balaban J connectivity index is 2.71. The Morgan fingerprint density at radius 1 is 0.944 bits per heavy atom. The second-order valence-electron chi connectivity index (χ2n) is 8.90. The summed E-state index contributed by atoms with van der Waals surface area (Å²) in [5.74, 6) is -6.39. The van der Waals surface area contributed by atoms with Crippen LogP contribution in [0.4, 0.5) is 13.2 Å². The van der Waals surface area contributed by atoms with Crippen LogP contribution in [0.3, 0.4) is 0 Å². The number of rotatable bonds is 11. The number of nitrogens with one attached hydrogen (secondary N) is 3. The van der Waals surface area contributed by atoms with Crippen molar-refractivity contribution in [2.75, 3.05) is 13.7 Å². The summed E-state index contributed by atoms with van der Waals surface area (Å²) in [6, 6.07) is -4.97. The summed E-state index contributed by atoms with van der Waals surface area (Å²) >= 11 is 0. The van der Waals surface area contributed by atoms with E-state index >= 15 is 0 Å². The highest BCUT2D eigenvalue weighted by Crippen LogP contribution is 2.30. The molecule has 0 spiro atoms. The molecule has 0 unspecified atom stereocenters. The summed E-state index contributed by atoms with van der Waals surface area (Å²) in [5, 5.41) is 6.76. The van der Waals surface area contributed by atoms with E-state index in [1.165, 1.54) is 34.8 Å². The molecule has 0 aromatic rings. The number of likely N-dealkylation sites (tertiary alicyclic amines) is 1. The van der Waals surface area contributed by atoms with Crippen molar-refractivity contribution in [3.05, 3.63) is 0 Å². The van der Waals surface area contributed by atoms with E-state index in [0.29, 0.717) is 6.42 Å². The molecule has 3 N–H and O–H groups in total. The van der Waals surface area contributed by atoms with E-state index in [1.54, 1.807) is 0 Å². The Morgan fingerprint density at radius 3 is 2.06 bits per heavy atom. The third-order valence-electron chi connectivity index (χ3n) is 5.69. The molecular formula is C22H33F3N4O7. The van der Waals surface area contributed by atoms with E-state index in [9.17, 15) is 41.9 Å². The summed E-state index contributed by atoms with van der Waals surface area (Å²) < 4.78 is 43.7. The van der Waals surface area contributed by atoms with Crippen molar-refractivity contribution in [2.45, 2.75) is 83.7 Å². The number of Topliss-reactive ketones (excluding diaryl/α,β-unsaturated/α-hetero) is 1. The van der Waals surface area contributed by atoms with Gasteiger partial charge in [-0.3, -0.25) is 39.0 Å². The molecule has 4 atom stereocenters. The molecular weight excluding hydrogens is 489 g/mol. The summed E-state index contributed by atoms with van der Waals surface area (Å²) in [5.41, 5.74) is 0. The van der Waals surface area contributed by atoms with Crippen molar-refractivity contribution >= 4 is 35.4 Å². The van der Waals surface area contributed by atoms with Gasteiger partial charge in [-0.25, -0.2) is 0 Å². The Labute approximate surface area is 206 Å². The van der Waals surface area contributed by atoms with Crippen LogP contribution in [0.15, 0.2) is 0 Å². The fourth-order valence-electron chi connectivity index (χ4n) is 3.82. The zero-order valence-electron chi connectivity index (χ0n) is 20.9. The number of ether oxygens (including phenoxy) is 1. The summed E-state index contributed by atoms with van der Waals surface area (Å²) in [7, 11) is 1.17. The Kier molecular flexibility index (Phi) is 11.5. The second kappa shape index (κ2) is 13.3. The smallest absolute Gasteiger partial charge is 0.451 e. The zero-order valence-corrected chi connectivity index (χ0v) is 20.9. The number of methoxy groups -OCH3 is 1. The average Bonchev–Trinajstić information content (AvgIpc) is 3.25. The van der Waals surface area contributed by atoms with Gasteiger partial charge in [0.1, 0.15) is 12.1 Å². The van der Waals surface area contributed by atoms with Crippen molar-refractivity contribution < 1.29 is 46.7 Å². The van der Waals surface area contributed by atoms with Crippen LogP contribution in [-0.2, 0) is 33.5 Å². The van der Waals surface area contributed by atoms with Gasteiger partial charge in [-0.2, -0.15) is 13.2 Å². The minimum absolute atomic E-state index is 0.0798. The first-order chi connectivity index (χ1) is 16.6. The number of carbonyl (C=O) groups excluding carboxylic acids is 6. The Hall–Kier alpha value is -3.03. The van der Waals surface area contributed by atoms with Gasteiger partial charge in [0.2, 0.25) is 23.6 Å². The number of ketones is 1. The Bertz CT molecular complexity index is 863. The van der Waals surface area contributed by atoms with E-state index in [0.717, 1.165) is 4.90 Å². The lowest BCUT2D eigenvalue weighted by molar-refractivity contribution is -0.179. The molecule has 0 saturated carbocycles. The number of hydrogen-bond acceptors (Lipinski definition) is 8. The average molecular weight is 523 g/mol. The van der Waals surface area contributed by atoms with Gasteiger partial charge in [0.25, 0.3) is 5.78 Å². The fraction of sp³-hybridized carbons (Fsp3) is 0.727. The Morgan fingerprint density at radius 2 is 1.53 bits per heavy atom. The highest BCUT2D eigenvalue weighted by Gasteiger charge is 2.50. The number of amides is 4. The van der Waals surface area contributed by atoms with Crippen LogP contribution in [0.5, 0.6) is 0 Å². The number of halogens is 3. The molecule has 204 valence electrons. The number of carbonyl (C=O) groups is 6. The number of esters is 1. The van der Waals surface area contributed by atoms with Gasteiger partial charge in [0, 0.05) is 6.42 Å². The van der Waals surface area contributed by atoms with Gasteiger partial charge in [0.05, 0.1) is 25.6 Å². The molecule has 1 fully saturated rings. The van der Waals surface area contributed by atoms with Crippen LogP contribution in [0.1, 0.15) is 53.4 Å². The maximum absolute atomic E-state index is 13.1. The van der Waals surface area contributed by atoms with Gasteiger partial charge in [0.15, 0.2) is 0 Å². The molecule has 0 radical (unpaired) electrons. The summed E-state index contributed by atoms with van der Waals surface area (Å²) in [4.78, 5) is 73.5. The summed E-state index contributed by atoms with van der Waals surface area (Å²) in [6.45, 7) is 5.60. The quantitative estimate of drug-likeness (QED) is 0.326. The van der Waals surface area contributed by atoms with Crippen molar-refractivity contribution in [3.8, 4) is 0 Å². The molecule has 1 heterocycles. The molecule has 1 saturated heterocycles. The van der Waals surface area contributed by atoms with Gasteiger partial charge in [-0.1, -0.05) is 13.8 Å². The topological polar surface area (TPSA) is 151 Å². The molecule has 11 nitrogen and oxygen atoms in total. The molecule has 1 aliphatic rings. The van der Waals surface area contributed by atoms with Crippen LogP contribution in [-0.4, -0.2) is 84.3 Å².